The first-order valence-corrected chi connectivity index (χ1v) is 8.30. The van der Waals surface area contributed by atoms with Crippen molar-refractivity contribution in [3.8, 4) is 11.1 Å². The molecule has 3 rings (SSSR count). The zero-order valence-electron chi connectivity index (χ0n) is 14.2. The molecule has 1 aliphatic rings. The highest BCUT2D eigenvalue weighted by Gasteiger charge is 2.47. The van der Waals surface area contributed by atoms with Crippen LogP contribution in [0.2, 0.25) is 0 Å². The van der Waals surface area contributed by atoms with Gasteiger partial charge in [-0.05, 0) is 41.6 Å². The van der Waals surface area contributed by atoms with Gasteiger partial charge in [-0.1, -0.05) is 62.4 Å². The third-order valence-corrected chi connectivity index (χ3v) is 4.77. The van der Waals surface area contributed by atoms with Crippen molar-refractivity contribution in [2.24, 2.45) is 5.73 Å². The summed E-state index contributed by atoms with van der Waals surface area (Å²) in [6, 6.07) is 16.8. The monoisotopic (exact) mass is 344 g/mol. The van der Waals surface area contributed by atoms with Gasteiger partial charge in [-0.2, -0.15) is 0 Å². The molecular formula is C20H25ClN2O. The van der Waals surface area contributed by atoms with Gasteiger partial charge in [-0.25, -0.2) is 0 Å². The Morgan fingerprint density at radius 3 is 2.00 bits per heavy atom. The smallest absolute Gasteiger partial charge is 0.232 e. The zero-order chi connectivity index (χ0) is 16.4. The fraction of sp³-hybridized carbons (Fsp3) is 0.350. The number of fused-ring (bicyclic) bond motifs is 3. The first-order valence-electron chi connectivity index (χ1n) is 8.30. The van der Waals surface area contributed by atoms with Crippen molar-refractivity contribution in [3.05, 3.63) is 59.7 Å². The van der Waals surface area contributed by atoms with Gasteiger partial charge >= 0.3 is 0 Å². The Bertz CT molecular complexity index is 682. The van der Waals surface area contributed by atoms with E-state index in [1.54, 1.807) is 0 Å². The van der Waals surface area contributed by atoms with Crippen molar-refractivity contribution in [3.63, 3.8) is 0 Å². The van der Waals surface area contributed by atoms with E-state index in [0.29, 0.717) is 6.04 Å². The molecule has 0 aliphatic heterocycles. The molecule has 0 saturated heterocycles. The van der Waals surface area contributed by atoms with E-state index in [1.807, 2.05) is 24.3 Å². The van der Waals surface area contributed by atoms with E-state index in [1.165, 1.54) is 0 Å². The van der Waals surface area contributed by atoms with Crippen LogP contribution in [0.25, 0.3) is 11.1 Å². The number of carbonyl (C=O) groups is 1. The second kappa shape index (κ2) is 7.37. The highest BCUT2D eigenvalue weighted by molar-refractivity contribution is 5.99. The molecule has 0 bridgehead atoms. The van der Waals surface area contributed by atoms with Gasteiger partial charge in [0.2, 0.25) is 5.91 Å². The van der Waals surface area contributed by atoms with Gasteiger partial charge in [0.05, 0.1) is 5.41 Å². The summed E-state index contributed by atoms with van der Waals surface area (Å²) in [5.41, 5.74) is 9.63. The molecule has 4 heteroatoms. The van der Waals surface area contributed by atoms with E-state index >= 15 is 0 Å². The van der Waals surface area contributed by atoms with Crippen molar-refractivity contribution < 1.29 is 4.79 Å². The lowest BCUT2D eigenvalue weighted by Gasteiger charge is -2.29. The highest BCUT2D eigenvalue weighted by Crippen LogP contribution is 2.50. The number of nitrogens with two attached hydrogens (primary N) is 1. The molecule has 24 heavy (non-hydrogen) atoms. The molecule has 0 fully saturated rings. The number of primary amides is 1. The molecule has 2 aromatic carbocycles. The number of benzene rings is 2. The van der Waals surface area contributed by atoms with Crippen molar-refractivity contribution in [2.45, 2.75) is 38.1 Å². The first kappa shape index (κ1) is 18.5. The molecule has 0 radical (unpaired) electrons. The van der Waals surface area contributed by atoms with Crippen molar-refractivity contribution in [1.29, 1.82) is 0 Å². The summed E-state index contributed by atoms with van der Waals surface area (Å²) in [4.78, 5) is 12.6. The number of hydrogen-bond donors (Lipinski definition) is 2. The summed E-state index contributed by atoms with van der Waals surface area (Å²) < 4.78 is 0. The van der Waals surface area contributed by atoms with E-state index in [4.69, 9.17) is 5.73 Å². The van der Waals surface area contributed by atoms with E-state index in [9.17, 15) is 4.79 Å². The normalized spacial score (nSPS) is 14.0. The number of hydrogen-bond acceptors (Lipinski definition) is 2. The van der Waals surface area contributed by atoms with Crippen LogP contribution in [0.15, 0.2) is 48.5 Å². The molecule has 1 amide bonds. The molecular weight excluding hydrogens is 320 g/mol. The maximum atomic E-state index is 12.6. The van der Waals surface area contributed by atoms with Gasteiger partial charge < -0.3 is 11.1 Å². The lowest BCUT2D eigenvalue weighted by atomic mass is 9.74. The Morgan fingerprint density at radius 2 is 1.54 bits per heavy atom. The molecule has 0 atom stereocenters. The fourth-order valence-electron chi connectivity index (χ4n) is 3.73. The lowest BCUT2D eigenvalue weighted by molar-refractivity contribution is -0.122. The van der Waals surface area contributed by atoms with Crippen LogP contribution in [0.4, 0.5) is 0 Å². The number of rotatable bonds is 6. The van der Waals surface area contributed by atoms with Crippen LogP contribution in [0.1, 0.15) is 37.8 Å². The summed E-state index contributed by atoms with van der Waals surface area (Å²) in [6.07, 6.45) is 1.64. The quantitative estimate of drug-likeness (QED) is 0.786. The minimum atomic E-state index is -0.703. The van der Waals surface area contributed by atoms with Gasteiger partial charge in [0.1, 0.15) is 0 Å². The van der Waals surface area contributed by atoms with Crippen LogP contribution >= 0.6 is 12.4 Å². The van der Waals surface area contributed by atoms with Crippen LogP contribution in [0, 0.1) is 0 Å². The number of carbonyl (C=O) groups excluding carboxylic acids is 1. The van der Waals surface area contributed by atoms with Crippen LogP contribution in [0.3, 0.4) is 0 Å². The number of halogens is 1. The Labute approximate surface area is 150 Å². The molecule has 3 N–H and O–H groups in total. The van der Waals surface area contributed by atoms with Crippen molar-refractivity contribution in [2.75, 3.05) is 6.54 Å². The fourth-order valence-corrected chi connectivity index (χ4v) is 3.73. The molecule has 0 saturated carbocycles. The summed E-state index contributed by atoms with van der Waals surface area (Å²) in [7, 11) is 0. The maximum Gasteiger partial charge on any atom is 0.232 e. The van der Waals surface area contributed by atoms with Crippen molar-refractivity contribution in [1.82, 2.24) is 5.32 Å². The third kappa shape index (κ3) is 2.94. The van der Waals surface area contributed by atoms with Gasteiger partial charge in [0.25, 0.3) is 0 Å². The van der Waals surface area contributed by atoms with E-state index in [0.717, 1.165) is 41.6 Å². The Kier molecular flexibility index (Phi) is 5.68. The topological polar surface area (TPSA) is 55.1 Å². The third-order valence-electron chi connectivity index (χ3n) is 4.77. The second-order valence-corrected chi connectivity index (χ2v) is 6.57. The van der Waals surface area contributed by atoms with Crippen LogP contribution in [0.5, 0.6) is 0 Å². The molecule has 0 aromatic heterocycles. The number of amides is 1. The van der Waals surface area contributed by atoms with Gasteiger partial charge in [-0.3, -0.25) is 4.79 Å². The summed E-state index contributed by atoms with van der Waals surface area (Å²) in [5.74, 6) is -0.251. The first-order chi connectivity index (χ1) is 11.1. The van der Waals surface area contributed by atoms with Crippen LogP contribution in [-0.4, -0.2) is 18.5 Å². The summed E-state index contributed by atoms with van der Waals surface area (Å²) in [6.45, 7) is 5.14. The summed E-state index contributed by atoms with van der Waals surface area (Å²) >= 11 is 0. The van der Waals surface area contributed by atoms with E-state index in [2.05, 4.69) is 43.4 Å². The van der Waals surface area contributed by atoms with E-state index < -0.39 is 5.41 Å². The molecule has 2 aromatic rings. The Morgan fingerprint density at radius 1 is 1.04 bits per heavy atom. The van der Waals surface area contributed by atoms with E-state index in [-0.39, 0.29) is 18.3 Å². The Hall–Kier alpha value is -1.84. The van der Waals surface area contributed by atoms with Gasteiger partial charge in [0.15, 0.2) is 0 Å². The predicted octanol–water partition coefficient (Wildman–Crippen LogP) is 3.64. The molecule has 128 valence electrons. The van der Waals surface area contributed by atoms with Crippen molar-refractivity contribution >= 4 is 18.3 Å². The molecule has 0 unspecified atom stereocenters. The van der Waals surface area contributed by atoms with Crippen LogP contribution < -0.4 is 11.1 Å². The van der Waals surface area contributed by atoms with Gasteiger partial charge in [-0.15, -0.1) is 12.4 Å². The Balaban J connectivity index is 0.00000208. The van der Waals surface area contributed by atoms with Crippen LogP contribution in [-0.2, 0) is 10.2 Å². The average molecular weight is 345 g/mol. The predicted molar refractivity (Wildman–Crippen MR) is 101 cm³/mol. The average Bonchev–Trinajstić information content (AvgIpc) is 2.83. The number of nitrogens with one attached hydrogen (secondary N) is 1. The minimum Gasteiger partial charge on any atom is -0.369 e. The molecule has 3 nitrogen and oxygen atoms in total. The highest BCUT2D eigenvalue weighted by atomic mass is 35.5. The molecule has 0 spiro atoms. The zero-order valence-corrected chi connectivity index (χ0v) is 15.0. The minimum absolute atomic E-state index is 0. The maximum absolute atomic E-state index is 12.6. The largest absolute Gasteiger partial charge is 0.369 e. The second-order valence-electron chi connectivity index (χ2n) is 6.57. The molecule has 1 aliphatic carbocycles. The standard InChI is InChI=1S/C20H24N2O.ClH/c1-14(2)22-13-7-12-20(19(21)23)17-10-5-3-8-15(17)16-9-4-6-11-18(16)20;/h3-6,8-11,14,22H,7,12-13H2,1-2H3,(H2,21,23);1H. The molecule has 0 heterocycles. The SMILES string of the molecule is CC(C)NCCCC1(C(N)=O)c2ccccc2-c2ccccc21.Cl. The summed E-state index contributed by atoms with van der Waals surface area (Å²) in [5, 5.41) is 3.42. The van der Waals surface area contributed by atoms with Gasteiger partial charge in [0, 0.05) is 6.04 Å². The lowest BCUT2D eigenvalue weighted by Crippen LogP contribution is -2.41.